The maximum absolute atomic E-state index is 14.7. The van der Waals surface area contributed by atoms with Crippen molar-refractivity contribution in [2.24, 2.45) is 0 Å². The number of hydrogen-bond acceptors (Lipinski definition) is 6. The number of benzene rings is 3. The number of aliphatic hydroxyl groups is 1. The maximum atomic E-state index is 14.7. The minimum atomic E-state index is -1.48. The van der Waals surface area contributed by atoms with Crippen LogP contribution in [0.3, 0.4) is 0 Å². The molecule has 1 heterocycles. The number of nitrogens with zero attached hydrogens (tertiary/aromatic N) is 1. The predicted octanol–water partition coefficient (Wildman–Crippen LogP) is 3.85. The van der Waals surface area contributed by atoms with Gasteiger partial charge in [-0.2, -0.15) is 0 Å². The molecule has 35 heavy (non-hydrogen) atoms. The van der Waals surface area contributed by atoms with E-state index in [1.165, 1.54) is 30.3 Å². The first-order chi connectivity index (χ1) is 16.8. The molecule has 1 unspecified atom stereocenters. The molecular formula is C25H24F3N3O4. The standard InChI is InChI=1S/C25H24F3N3O4/c26-17-9-16(10-18(27)12-17)15-1-3-20(21(28)11-15)25(34)29-19-2-4-23(32)22(13-19)30-24(33)14-31-5-7-35-8-6-31/h1-4,9-13,25,29,32,34H,5-8,14H2,(H,30,33). The molecule has 1 aliphatic heterocycles. The molecule has 4 N–H and O–H groups in total. The number of aliphatic hydroxyl groups excluding tert-OH is 1. The van der Waals surface area contributed by atoms with Crippen molar-refractivity contribution >= 4 is 17.3 Å². The van der Waals surface area contributed by atoms with E-state index in [4.69, 9.17) is 4.74 Å². The zero-order valence-electron chi connectivity index (χ0n) is 18.6. The second-order valence-electron chi connectivity index (χ2n) is 8.11. The molecule has 3 aromatic rings. The smallest absolute Gasteiger partial charge is 0.238 e. The third-order valence-electron chi connectivity index (χ3n) is 5.54. The first-order valence-corrected chi connectivity index (χ1v) is 10.9. The van der Waals surface area contributed by atoms with Crippen LogP contribution in [-0.4, -0.2) is 53.9 Å². The van der Waals surface area contributed by atoms with Gasteiger partial charge in [-0.1, -0.05) is 12.1 Å². The molecule has 0 bridgehead atoms. The van der Waals surface area contributed by atoms with Crippen LogP contribution in [0.15, 0.2) is 54.6 Å². The van der Waals surface area contributed by atoms with E-state index in [2.05, 4.69) is 10.6 Å². The van der Waals surface area contributed by atoms with E-state index in [1.807, 2.05) is 4.90 Å². The lowest BCUT2D eigenvalue weighted by Gasteiger charge is -2.25. The molecule has 1 atom stereocenters. The lowest BCUT2D eigenvalue weighted by Crippen LogP contribution is -2.41. The Bertz CT molecular complexity index is 1200. The number of morpholine rings is 1. The summed E-state index contributed by atoms with van der Waals surface area (Å²) in [5.41, 5.74) is 0.742. The van der Waals surface area contributed by atoms with Crippen molar-refractivity contribution in [1.82, 2.24) is 4.90 Å². The van der Waals surface area contributed by atoms with Crippen LogP contribution in [0.25, 0.3) is 11.1 Å². The minimum absolute atomic E-state index is 0.100. The van der Waals surface area contributed by atoms with Crippen molar-refractivity contribution in [1.29, 1.82) is 0 Å². The Labute approximate surface area is 199 Å². The number of aromatic hydroxyl groups is 1. The third-order valence-corrected chi connectivity index (χ3v) is 5.54. The Hall–Kier alpha value is -3.60. The molecule has 3 aromatic carbocycles. The number of halogens is 3. The zero-order valence-corrected chi connectivity index (χ0v) is 18.6. The van der Waals surface area contributed by atoms with Crippen molar-refractivity contribution in [3.63, 3.8) is 0 Å². The fourth-order valence-corrected chi connectivity index (χ4v) is 3.76. The van der Waals surface area contributed by atoms with Gasteiger partial charge in [0.05, 0.1) is 25.4 Å². The number of nitrogens with one attached hydrogen (secondary N) is 2. The van der Waals surface area contributed by atoms with Gasteiger partial charge in [0.1, 0.15) is 23.2 Å². The second-order valence-corrected chi connectivity index (χ2v) is 8.11. The summed E-state index contributed by atoms with van der Waals surface area (Å²) in [6.45, 7) is 2.49. The summed E-state index contributed by atoms with van der Waals surface area (Å²) in [6.07, 6.45) is -1.48. The van der Waals surface area contributed by atoms with Crippen LogP contribution in [0, 0.1) is 17.5 Å². The molecule has 0 aliphatic carbocycles. The Kier molecular flexibility index (Phi) is 7.54. The quantitative estimate of drug-likeness (QED) is 0.230. The molecule has 1 aliphatic rings. The number of hydrogen-bond donors (Lipinski definition) is 4. The van der Waals surface area contributed by atoms with Gasteiger partial charge in [-0.3, -0.25) is 9.69 Å². The van der Waals surface area contributed by atoms with Crippen LogP contribution >= 0.6 is 0 Å². The van der Waals surface area contributed by atoms with Gasteiger partial charge < -0.3 is 25.6 Å². The van der Waals surface area contributed by atoms with E-state index in [9.17, 15) is 28.2 Å². The molecular weight excluding hydrogens is 463 g/mol. The van der Waals surface area contributed by atoms with Gasteiger partial charge in [-0.25, -0.2) is 13.2 Å². The van der Waals surface area contributed by atoms with Crippen LogP contribution in [0.1, 0.15) is 11.8 Å². The number of carbonyl (C=O) groups is 1. The van der Waals surface area contributed by atoms with Gasteiger partial charge in [0.15, 0.2) is 6.23 Å². The monoisotopic (exact) mass is 487 g/mol. The average Bonchev–Trinajstić information content (AvgIpc) is 2.81. The summed E-state index contributed by atoms with van der Waals surface area (Å²) in [6, 6.07) is 10.9. The van der Waals surface area contributed by atoms with Crippen molar-refractivity contribution in [2.75, 3.05) is 43.5 Å². The molecule has 0 radical (unpaired) electrons. The predicted molar refractivity (Wildman–Crippen MR) is 124 cm³/mol. The first kappa shape index (κ1) is 24.5. The van der Waals surface area contributed by atoms with Crippen LogP contribution in [0.5, 0.6) is 5.75 Å². The molecule has 1 saturated heterocycles. The molecule has 184 valence electrons. The highest BCUT2D eigenvalue weighted by Crippen LogP contribution is 2.30. The van der Waals surface area contributed by atoms with Gasteiger partial charge in [0.25, 0.3) is 0 Å². The SMILES string of the molecule is O=C(CN1CCOCC1)Nc1cc(NC(O)c2ccc(-c3cc(F)cc(F)c3)cc2F)ccc1O. The summed E-state index contributed by atoms with van der Waals surface area (Å²) < 4.78 is 47.0. The fraction of sp³-hybridized carbons (Fsp3) is 0.240. The van der Waals surface area contributed by atoms with Gasteiger partial charge >= 0.3 is 0 Å². The number of anilines is 2. The lowest BCUT2D eigenvalue weighted by molar-refractivity contribution is -0.118. The molecule has 4 rings (SSSR count). The molecule has 1 fully saturated rings. The van der Waals surface area contributed by atoms with E-state index < -0.39 is 23.7 Å². The van der Waals surface area contributed by atoms with Crippen molar-refractivity contribution in [3.8, 4) is 16.9 Å². The van der Waals surface area contributed by atoms with Crippen molar-refractivity contribution in [2.45, 2.75) is 6.23 Å². The first-order valence-electron chi connectivity index (χ1n) is 10.9. The molecule has 10 heteroatoms. The summed E-state index contributed by atoms with van der Waals surface area (Å²) >= 11 is 0. The number of carbonyl (C=O) groups excluding carboxylic acids is 1. The summed E-state index contributed by atoms with van der Waals surface area (Å²) in [5.74, 6) is -2.85. The number of ether oxygens (including phenoxy) is 1. The van der Waals surface area contributed by atoms with Gasteiger partial charge in [-0.05, 0) is 47.5 Å². The Morgan fingerprint density at radius 1 is 0.971 bits per heavy atom. The fourth-order valence-electron chi connectivity index (χ4n) is 3.76. The van der Waals surface area contributed by atoms with Crippen LogP contribution in [-0.2, 0) is 9.53 Å². The Morgan fingerprint density at radius 3 is 2.37 bits per heavy atom. The van der Waals surface area contributed by atoms with E-state index in [-0.39, 0.29) is 40.6 Å². The number of phenols is 1. The normalized spacial score (nSPS) is 15.0. The van der Waals surface area contributed by atoms with E-state index in [0.717, 1.165) is 24.3 Å². The molecule has 0 aromatic heterocycles. The van der Waals surface area contributed by atoms with Crippen LogP contribution in [0.4, 0.5) is 24.5 Å². The van der Waals surface area contributed by atoms with Gasteiger partial charge in [0, 0.05) is 30.4 Å². The van der Waals surface area contributed by atoms with E-state index in [0.29, 0.717) is 32.0 Å². The minimum Gasteiger partial charge on any atom is -0.506 e. The second kappa shape index (κ2) is 10.8. The highest BCUT2D eigenvalue weighted by atomic mass is 19.1. The summed E-state index contributed by atoms with van der Waals surface area (Å²) in [7, 11) is 0. The summed E-state index contributed by atoms with van der Waals surface area (Å²) in [4.78, 5) is 14.3. The highest BCUT2D eigenvalue weighted by molar-refractivity contribution is 5.94. The number of rotatable bonds is 7. The zero-order chi connectivity index (χ0) is 24.9. The van der Waals surface area contributed by atoms with Gasteiger partial charge in [0.2, 0.25) is 5.91 Å². The maximum Gasteiger partial charge on any atom is 0.238 e. The third kappa shape index (κ3) is 6.30. The molecule has 1 amide bonds. The van der Waals surface area contributed by atoms with Crippen molar-refractivity contribution < 1.29 is 32.9 Å². The van der Waals surface area contributed by atoms with Crippen molar-refractivity contribution in [3.05, 3.63) is 77.6 Å². The number of phenolic OH excluding ortho intramolecular Hbond substituents is 1. The number of amides is 1. The Morgan fingerprint density at radius 2 is 1.69 bits per heavy atom. The van der Waals surface area contributed by atoms with Crippen LogP contribution < -0.4 is 10.6 Å². The van der Waals surface area contributed by atoms with Gasteiger partial charge in [-0.15, -0.1) is 0 Å². The average molecular weight is 487 g/mol. The highest BCUT2D eigenvalue weighted by Gasteiger charge is 2.17. The van der Waals surface area contributed by atoms with E-state index in [1.54, 1.807) is 0 Å². The topological polar surface area (TPSA) is 94.1 Å². The van der Waals surface area contributed by atoms with E-state index >= 15 is 0 Å². The molecule has 0 spiro atoms. The summed E-state index contributed by atoms with van der Waals surface area (Å²) in [5, 5.41) is 26.0. The molecule has 0 saturated carbocycles. The largest absolute Gasteiger partial charge is 0.506 e. The van der Waals surface area contributed by atoms with Crippen LogP contribution in [0.2, 0.25) is 0 Å². The lowest BCUT2D eigenvalue weighted by atomic mass is 10.0. The molecule has 7 nitrogen and oxygen atoms in total. The Balaban J connectivity index is 1.44.